The second-order valence-corrected chi connectivity index (χ2v) is 6.48. The Labute approximate surface area is 173 Å². The van der Waals surface area contributed by atoms with Gasteiger partial charge in [-0.05, 0) is 36.4 Å². The van der Waals surface area contributed by atoms with E-state index in [2.05, 4.69) is 15.6 Å². The molecule has 0 aliphatic heterocycles. The van der Waals surface area contributed by atoms with Crippen LogP contribution in [0.2, 0.25) is 0 Å². The molecule has 0 radical (unpaired) electrons. The van der Waals surface area contributed by atoms with Gasteiger partial charge in [0.25, 0.3) is 5.91 Å². The number of nitrogens with zero attached hydrogens (tertiary/aromatic N) is 3. The zero-order chi connectivity index (χ0) is 21.1. The number of amides is 1. The molecule has 2 heterocycles. The summed E-state index contributed by atoms with van der Waals surface area (Å²) in [6.45, 7) is 0. The minimum Gasteiger partial charge on any atom is -0.493 e. The summed E-state index contributed by atoms with van der Waals surface area (Å²) in [4.78, 5) is 21.1. The monoisotopic (exact) mass is 403 g/mol. The van der Waals surface area contributed by atoms with Gasteiger partial charge in [0.2, 0.25) is 5.95 Å². The second kappa shape index (κ2) is 8.12. The second-order valence-electron chi connectivity index (χ2n) is 6.48. The van der Waals surface area contributed by atoms with Gasteiger partial charge in [0.1, 0.15) is 5.65 Å². The highest BCUT2D eigenvalue weighted by Gasteiger charge is 2.12. The Balaban J connectivity index is 1.77. The van der Waals surface area contributed by atoms with Crippen molar-refractivity contribution in [2.75, 3.05) is 26.6 Å². The Morgan fingerprint density at radius 1 is 1.03 bits per heavy atom. The number of rotatable bonds is 6. The number of fused-ring (bicyclic) bond motifs is 1. The van der Waals surface area contributed by atoms with Crippen LogP contribution in [0.3, 0.4) is 0 Å². The number of ether oxygens (including phenoxy) is 2. The van der Waals surface area contributed by atoms with Gasteiger partial charge in [-0.2, -0.15) is 0 Å². The number of nitrogens with one attached hydrogen (secondary N) is 2. The smallest absolute Gasteiger partial charge is 0.251 e. The summed E-state index contributed by atoms with van der Waals surface area (Å²) in [5.74, 6) is 1.68. The first-order valence-electron chi connectivity index (χ1n) is 9.28. The van der Waals surface area contributed by atoms with Gasteiger partial charge in [0.15, 0.2) is 11.5 Å². The van der Waals surface area contributed by atoms with Crippen LogP contribution >= 0.6 is 0 Å². The lowest BCUT2D eigenvalue weighted by atomic mass is 10.1. The number of anilines is 2. The van der Waals surface area contributed by atoms with E-state index in [1.807, 2.05) is 47.0 Å². The number of benzene rings is 2. The van der Waals surface area contributed by atoms with E-state index in [-0.39, 0.29) is 5.91 Å². The van der Waals surface area contributed by atoms with E-state index in [1.165, 1.54) is 0 Å². The topological polar surface area (TPSA) is 89.8 Å². The number of carbonyl (C=O) groups excluding carboxylic acids is 1. The van der Waals surface area contributed by atoms with Crippen molar-refractivity contribution < 1.29 is 14.3 Å². The average molecular weight is 403 g/mol. The number of imidazole rings is 1. The van der Waals surface area contributed by atoms with Crippen LogP contribution < -0.4 is 20.1 Å². The third-order valence-electron chi connectivity index (χ3n) is 4.68. The van der Waals surface area contributed by atoms with Crippen molar-refractivity contribution in [3.8, 4) is 22.8 Å². The van der Waals surface area contributed by atoms with Crippen LogP contribution in [0.25, 0.3) is 16.9 Å². The summed E-state index contributed by atoms with van der Waals surface area (Å²) in [6, 6.07) is 14.7. The molecule has 0 aliphatic rings. The molecular weight excluding hydrogens is 382 g/mol. The van der Waals surface area contributed by atoms with Crippen molar-refractivity contribution in [2.24, 2.45) is 0 Å². The van der Waals surface area contributed by atoms with Gasteiger partial charge in [0.05, 0.1) is 19.9 Å². The normalized spacial score (nSPS) is 10.6. The summed E-state index contributed by atoms with van der Waals surface area (Å²) >= 11 is 0. The van der Waals surface area contributed by atoms with Crippen molar-refractivity contribution in [2.45, 2.75) is 0 Å². The predicted octanol–water partition coefficient (Wildman–Crippen LogP) is 3.52. The summed E-state index contributed by atoms with van der Waals surface area (Å²) in [7, 11) is 4.80. The van der Waals surface area contributed by atoms with Gasteiger partial charge in [-0.1, -0.05) is 6.07 Å². The lowest BCUT2D eigenvalue weighted by Crippen LogP contribution is -2.17. The fourth-order valence-electron chi connectivity index (χ4n) is 3.17. The Morgan fingerprint density at radius 2 is 1.87 bits per heavy atom. The maximum Gasteiger partial charge on any atom is 0.251 e. The maximum atomic E-state index is 11.9. The highest BCUT2D eigenvalue weighted by Crippen LogP contribution is 2.32. The van der Waals surface area contributed by atoms with Crippen LogP contribution in [0.1, 0.15) is 10.4 Å². The molecule has 8 nitrogen and oxygen atoms in total. The molecule has 4 aromatic rings. The van der Waals surface area contributed by atoms with Gasteiger partial charge < -0.3 is 20.1 Å². The summed E-state index contributed by atoms with van der Waals surface area (Å²) in [5.41, 5.74) is 3.61. The molecule has 2 aromatic heterocycles. The van der Waals surface area contributed by atoms with Crippen LogP contribution in [0.15, 0.2) is 60.9 Å². The third-order valence-corrected chi connectivity index (χ3v) is 4.68. The highest BCUT2D eigenvalue weighted by molar-refractivity contribution is 5.95. The van der Waals surface area contributed by atoms with Crippen molar-refractivity contribution in [1.29, 1.82) is 0 Å². The van der Waals surface area contributed by atoms with Gasteiger partial charge in [0, 0.05) is 42.3 Å². The third kappa shape index (κ3) is 3.62. The van der Waals surface area contributed by atoms with E-state index in [0.717, 1.165) is 22.6 Å². The minimum atomic E-state index is -0.154. The molecule has 4 rings (SSSR count). The van der Waals surface area contributed by atoms with Crippen LogP contribution in [0, 0.1) is 0 Å². The summed E-state index contributed by atoms with van der Waals surface area (Å²) in [5, 5.41) is 5.92. The molecule has 0 saturated carbocycles. The molecule has 0 unspecified atom stereocenters. The van der Waals surface area contributed by atoms with Gasteiger partial charge >= 0.3 is 0 Å². The molecule has 2 N–H and O–H groups in total. The molecule has 0 bridgehead atoms. The Hall–Kier alpha value is -4.07. The van der Waals surface area contributed by atoms with Crippen molar-refractivity contribution >= 4 is 23.2 Å². The summed E-state index contributed by atoms with van der Waals surface area (Å²) in [6.07, 6.45) is 3.53. The van der Waals surface area contributed by atoms with E-state index in [0.29, 0.717) is 23.0 Å². The first-order chi connectivity index (χ1) is 14.6. The van der Waals surface area contributed by atoms with Gasteiger partial charge in [-0.3, -0.25) is 9.20 Å². The molecule has 0 fully saturated rings. The standard InChI is InChI=1S/C22H21N5O3/c1-23-21(28)15-5-4-6-16(11-15)25-22-26-17(13-20-24-9-10-27(20)22)14-7-8-18(29-2)19(12-14)30-3/h4-13H,1-3H3,(H,23,28)(H,25,26). The molecule has 0 atom stereocenters. The number of hydrogen-bond acceptors (Lipinski definition) is 6. The van der Waals surface area contributed by atoms with Gasteiger partial charge in [-0.15, -0.1) is 0 Å². The van der Waals surface area contributed by atoms with Crippen LogP contribution in [-0.2, 0) is 0 Å². The van der Waals surface area contributed by atoms with E-state index < -0.39 is 0 Å². The largest absolute Gasteiger partial charge is 0.493 e. The SMILES string of the molecule is CNC(=O)c1cccc(Nc2nc(-c3ccc(OC)c(OC)c3)cc3nccn23)c1. The number of aromatic nitrogens is 3. The van der Waals surface area contributed by atoms with E-state index in [4.69, 9.17) is 14.5 Å². The molecule has 0 spiro atoms. The lowest BCUT2D eigenvalue weighted by molar-refractivity contribution is 0.0963. The number of carbonyl (C=O) groups is 1. The maximum absolute atomic E-state index is 11.9. The highest BCUT2D eigenvalue weighted by atomic mass is 16.5. The molecule has 1 amide bonds. The first-order valence-corrected chi connectivity index (χ1v) is 9.28. The van der Waals surface area contributed by atoms with E-state index in [9.17, 15) is 4.79 Å². The quantitative estimate of drug-likeness (QED) is 0.512. The molecule has 0 aliphatic carbocycles. The molecule has 8 heteroatoms. The molecule has 30 heavy (non-hydrogen) atoms. The molecule has 152 valence electrons. The van der Waals surface area contributed by atoms with E-state index >= 15 is 0 Å². The van der Waals surface area contributed by atoms with Crippen molar-refractivity contribution in [3.63, 3.8) is 0 Å². The predicted molar refractivity (Wildman–Crippen MR) is 115 cm³/mol. The molecule has 2 aromatic carbocycles. The minimum absolute atomic E-state index is 0.154. The fourth-order valence-corrected chi connectivity index (χ4v) is 3.17. The fraction of sp³-hybridized carbons (Fsp3) is 0.136. The number of hydrogen-bond donors (Lipinski definition) is 2. The zero-order valence-electron chi connectivity index (χ0n) is 16.8. The Kier molecular flexibility index (Phi) is 5.21. The van der Waals surface area contributed by atoms with Crippen molar-refractivity contribution in [1.82, 2.24) is 19.7 Å². The summed E-state index contributed by atoms with van der Waals surface area (Å²) < 4.78 is 12.6. The molecular formula is C22H21N5O3. The zero-order valence-corrected chi connectivity index (χ0v) is 16.8. The van der Waals surface area contributed by atoms with Crippen LogP contribution in [-0.4, -0.2) is 41.5 Å². The van der Waals surface area contributed by atoms with Crippen molar-refractivity contribution in [3.05, 3.63) is 66.5 Å². The first kappa shape index (κ1) is 19.3. The van der Waals surface area contributed by atoms with Crippen LogP contribution in [0.5, 0.6) is 11.5 Å². The molecule has 0 saturated heterocycles. The Bertz CT molecular complexity index is 1220. The van der Waals surface area contributed by atoms with E-state index in [1.54, 1.807) is 39.6 Å². The van der Waals surface area contributed by atoms with Crippen LogP contribution in [0.4, 0.5) is 11.6 Å². The lowest BCUT2D eigenvalue weighted by Gasteiger charge is -2.13. The Morgan fingerprint density at radius 3 is 2.63 bits per heavy atom. The average Bonchev–Trinajstić information content (AvgIpc) is 3.27. The van der Waals surface area contributed by atoms with Gasteiger partial charge in [-0.25, -0.2) is 9.97 Å². The number of methoxy groups -OCH3 is 2.